The lowest BCUT2D eigenvalue weighted by Gasteiger charge is -2.22. The van der Waals surface area contributed by atoms with E-state index in [-0.39, 0.29) is 24.0 Å². The molecule has 19 heavy (non-hydrogen) atoms. The van der Waals surface area contributed by atoms with Gasteiger partial charge in [-0.3, -0.25) is 0 Å². The Bertz CT molecular complexity index is 526. The smallest absolute Gasteiger partial charge is 0.334 e. The number of allylic oxidation sites excluding steroid dienone is 1. The number of ether oxygens (including phenoxy) is 2. The van der Waals surface area contributed by atoms with Crippen molar-refractivity contribution in [2.45, 2.75) is 38.4 Å². The van der Waals surface area contributed by atoms with Gasteiger partial charge < -0.3 is 9.47 Å². The molecule has 3 unspecified atom stereocenters. The molecule has 100 valence electrons. The molecule has 3 aliphatic rings. The molecule has 1 aliphatic carbocycles. The van der Waals surface area contributed by atoms with Crippen molar-refractivity contribution in [3.05, 3.63) is 35.5 Å². The van der Waals surface area contributed by atoms with Gasteiger partial charge in [-0.25, -0.2) is 9.59 Å². The van der Waals surface area contributed by atoms with Crippen LogP contribution in [0.1, 0.15) is 26.2 Å². The fraction of sp³-hybridized carbons (Fsp3) is 0.467. The molecule has 3 atom stereocenters. The van der Waals surface area contributed by atoms with Crippen molar-refractivity contribution in [3.63, 3.8) is 0 Å². The third kappa shape index (κ3) is 2.01. The average Bonchev–Trinajstić information content (AvgIpc) is 2.81. The zero-order chi connectivity index (χ0) is 13.6. The monoisotopic (exact) mass is 260 g/mol. The van der Waals surface area contributed by atoms with Crippen LogP contribution in [0.4, 0.5) is 0 Å². The lowest BCUT2D eigenvalue weighted by atomic mass is 9.86. The van der Waals surface area contributed by atoms with Gasteiger partial charge in [-0.05, 0) is 25.8 Å². The molecule has 1 saturated heterocycles. The number of esters is 2. The SMILES string of the molecule is C=C1C(=O)OC2CC(C)=CCCC3=CC(OC3=O)C12. The molecule has 1 fully saturated rings. The standard InChI is InChI=1S/C15H16O4/c1-8-4-3-5-10-7-12(19-15(10)17)13-9(2)14(16)18-11(13)6-8/h4,7,11-13H,2-3,5-6H2,1H3. The quantitative estimate of drug-likeness (QED) is 0.380. The van der Waals surface area contributed by atoms with E-state index >= 15 is 0 Å². The Morgan fingerprint density at radius 3 is 2.84 bits per heavy atom. The van der Waals surface area contributed by atoms with Gasteiger partial charge in [-0.2, -0.15) is 0 Å². The fourth-order valence-electron chi connectivity index (χ4n) is 2.96. The van der Waals surface area contributed by atoms with Crippen LogP contribution in [-0.2, 0) is 19.1 Å². The van der Waals surface area contributed by atoms with Crippen molar-refractivity contribution < 1.29 is 19.1 Å². The Morgan fingerprint density at radius 1 is 1.26 bits per heavy atom. The van der Waals surface area contributed by atoms with E-state index < -0.39 is 6.10 Å². The van der Waals surface area contributed by atoms with Gasteiger partial charge in [0.2, 0.25) is 0 Å². The molecule has 0 aromatic rings. The van der Waals surface area contributed by atoms with Gasteiger partial charge in [0.05, 0.1) is 5.92 Å². The molecule has 0 radical (unpaired) electrons. The van der Waals surface area contributed by atoms with E-state index in [9.17, 15) is 9.59 Å². The maximum Gasteiger partial charge on any atom is 0.334 e. The minimum Gasteiger partial charge on any atom is -0.458 e. The molecule has 0 saturated carbocycles. The maximum atomic E-state index is 11.8. The number of hydrogen-bond donors (Lipinski definition) is 0. The van der Waals surface area contributed by atoms with Crippen molar-refractivity contribution in [3.8, 4) is 0 Å². The molecule has 0 amide bonds. The Morgan fingerprint density at radius 2 is 2.05 bits per heavy atom. The van der Waals surface area contributed by atoms with Crippen LogP contribution in [0.3, 0.4) is 0 Å². The summed E-state index contributed by atoms with van der Waals surface area (Å²) in [5.41, 5.74) is 2.28. The molecule has 3 rings (SSSR count). The van der Waals surface area contributed by atoms with Crippen molar-refractivity contribution in [1.29, 1.82) is 0 Å². The van der Waals surface area contributed by atoms with Gasteiger partial charge in [0, 0.05) is 17.6 Å². The molecule has 0 N–H and O–H groups in total. The molecule has 4 heteroatoms. The molecule has 2 bridgehead atoms. The van der Waals surface area contributed by atoms with Gasteiger partial charge in [-0.1, -0.05) is 18.2 Å². The second-order valence-corrected chi connectivity index (χ2v) is 5.35. The van der Waals surface area contributed by atoms with Crippen LogP contribution in [0.15, 0.2) is 35.5 Å². The number of rotatable bonds is 0. The molecule has 2 heterocycles. The summed E-state index contributed by atoms with van der Waals surface area (Å²) in [4.78, 5) is 23.5. The summed E-state index contributed by atoms with van der Waals surface area (Å²) in [5.74, 6) is -0.904. The largest absolute Gasteiger partial charge is 0.458 e. The number of hydrogen-bond acceptors (Lipinski definition) is 4. The van der Waals surface area contributed by atoms with E-state index in [1.165, 1.54) is 5.57 Å². The normalized spacial score (nSPS) is 34.2. The van der Waals surface area contributed by atoms with Crippen LogP contribution in [-0.4, -0.2) is 24.1 Å². The highest BCUT2D eigenvalue weighted by Crippen LogP contribution is 2.38. The number of carbonyl (C=O) groups excluding carboxylic acids is 2. The molecule has 0 spiro atoms. The minimum atomic E-state index is -0.405. The topological polar surface area (TPSA) is 52.6 Å². The fourth-order valence-corrected chi connectivity index (χ4v) is 2.96. The maximum absolute atomic E-state index is 11.8. The first kappa shape index (κ1) is 12.2. The zero-order valence-corrected chi connectivity index (χ0v) is 10.8. The first-order valence-electron chi connectivity index (χ1n) is 6.53. The Balaban J connectivity index is 1.98. The molecular formula is C15H16O4. The molecule has 0 aromatic heterocycles. The Hall–Kier alpha value is -1.84. The van der Waals surface area contributed by atoms with Gasteiger partial charge in [0.25, 0.3) is 0 Å². The summed E-state index contributed by atoms with van der Waals surface area (Å²) in [6.45, 7) is 5.82. The van der Waals surface area contributed by atoms with Gasteiger partial charge >= 0.3 is 11.9 Å². The lowest BCUT2D eigenvalue weighted by Crippen LogP contribution is -2.29. The number of carbonyl (C=O) groups is 2. The van der Waals surface area contributed by atoms with E-state index in [0.29, 0.717) is 24.0 Å². The van der Waals surface area contributed by atoms with Crippen molar-refractivity contribution in [1.82, 2.24) is 0 Å². The highest BCUT2D eigenvalue weighted by Gasteiger charge is 2.46. The summed E-state index contributed by atoms with van der Waals surface area (Å²) >= 11 is 0. The summed E-state index contributed by atoms with van der Waals surface area (Å²) in [5, 5.41) is 0. The van der Waals surface area contributed by atoms with Gasteiger partial charge in [0.1, 0.15) is 12.2 Å². The van der Waals surface area contributed by atoms with E-state index in [0.717, 1.165) is 6.42 Å². The van der Waals surface area contributed by atoms with Crippen LogP contribution >= 0.6 is 0 Å². The molecule has 0 aromatic carbocycles. The van der Waals surface area contributed by atoms with E-state index in [4.69, 9.17) is 9.47 Å². The third-order valence-corrected chi connectivity index (χ3v) is 3.98. The van der Waals surface area contributed by atoms with Gasteiger partial charge in [-0.15, -0.1) is 0 Å². The first-order chi connectivity index (χ1) is 9.06. The van der Waals surface area contributed by atoms with Crippen molar-refractivity contribution in [2.24, 2.45) is 5.92 Å². The zero-order valence-electron chi connectivity index (χ0n) is 10.8. The second kappa shape index (κ2) is 4.37. The van der Waals surface area contributed by atoms with Crippen molar-refractivity contribution in [2.75, 3.05) is 0 Å². The molecule has 4 nitrogen and oxygen atoms in total. The predicted octanol–water partition coefficient (Wildman–Crippen LogP) is 2.07. The second-order valence-electron chi connectivity index (χ2n) is 5.35. The number of fused-ring (bicyclic) bond motifs is 3. The van der Waals surface area contributed by atoms with Crippen LogP contribution in [0.2, 0.25) is 0 Å². The van der Waals surface area contributed by atoms with Crippen LogP contribution in [0, 0.1) is 5.92 Å². The summed E-state index contributed by atoms with van der Waals surface area (Å²) < 4.78 is 10.7. The average molecular weight is 260 g/mol. The highest BCUT2D eigenvalue weighted by atomic mass is 16.6. The van der Waals surface area contributed by atoms with E-state index in [1.54, 1.807) is 0 Å². The third-order valence-electron chi connectivity index (χ3n) is 3.98. The van der Waals surface area contributed by atoms with Crippen LogP contribution in [0.5, 0.6) is 0 Å². The molecular weight excluding hydrogens is 244 g/mol. The Kier molecular flexibility index (Phi) is 2.81. The van der Waals surface area contributed by atoms with E-state index in [2.05, 4.69) is 12.7 Å². The summed E-state index contributed by atoms with van der Waals surface area (Å²) in [6.07, 6.45) is 5.42. The lowest BCUT2D eigenvalue weighted by molar-refractivity contribution is -0.142. The molecule has 2 aliphatic heterocycles. The summed E-state index contributed by atoms with van der Waals surface area (Å²) in [7, 11) is 0. The van der Waals surface area contributed by atoms with Gasteiger partial charge in [0.15, 0.2) is 0 Å². The Labute approximate surface area is 111 Å². The predicted molar refractivity (Wildman–Crippen MR) is 68.1 cm³/mol. The summed E-state index contributed by atoms with van der Waals surface area (Å²) in [6, 6.07) is 0. The first-order valence-corrected chi connectivity index (χ1v) is 6.53. The van der Waals surface area contributed by atoms with E-state index in [1.807, 2.05) is 13.0 Å². The minimum absolute atomic E-state index is 0.254. The van der Waals surface area contributed by atoms with Crippen molar-refractivity contribution >= 4 is 11.9 Å². The van der Waals surface area contributed by atoms with Crippen LogP contribution < -0.4 is 0 Å². The van der Waals surface area contributed by atoms with Crippen LogP contribution in [0.25, 0.3) is 0 Å². The highest BCUT2D eigenvalue weighted by molar-refractivity contribution is 5.93.